The van der Waals surface area contributed by atoms with Crippen molar-refractivity contribution in [1.29, 1.82) is 0 Å². The fourth-order valence-electron chi connectivity index (χ4n) is 1.80. The Morgan fingerprint density at radius 2 is 2.29 bits per heavy atom. The van der Waals surface area contributed by atoms with Crippen LogP contribution in [0.2, 0.25) is 0 Å². The molecule has 1 aromatic rings. The van der Waals surface area contributed by atoms with E-state index in [1.54, 1.807) is 0 Å². The quantitative estimate of drug-likeness (QED) is 0.744. The number of aromatic nitrogens is 2. The highest BCUT2D eigenvalue weighted by Crippen LogP contribution is 2.16. The highest BCUT2D eigenvalue weighted by Gasteiger charge is 2.15. The molecule has 2 heterocycles. The number of hydrogen-bond acceptors (Lipinski definition) is 2. The maximum atomic E-state index is 4.32. The topological polar surface area (TPSA) is 29.9 Å². The van der Waals surface area contributed by atoms with Crippen molar-refractivity contribution in [2.75, 3.05) is 13.1 Å². The van der Waals surface area contributed by atoms with Gasteiger partial charge in [-0.1, -0.05) is 13.8 Å². The van der Waals surface area contributed by atoms with Crippen LogP contribution in [0.1, 0.15) is 38.4 Å². The summed E-state index contributed by atoms with van der Waals surface area (Å²) >= 11 is 0. The molecule has 3 heteroatoms. The molecule has 0 bridgehead atoms. The normalized spacial score (nSPS) is 21.2. The van der Waals surface area contributed by atoms with E-state index in [0.717, 1.165) is 13.1 Å². The van der Waals surface area contributed by atoms with Crippen LogP contribution in [0.3, 0.4) is 0 Å². The number of nitrogens with one attached hydrogen (secondary N) is 1. The van der Waals surface area contributed by atoms with Gasteiger partial charge >= 0.3 is 0 Å². The summed E-state index contributed by atoms with van der Waals surface area (Å²) in [5.41, 5.74) is 1.27. The van der Waals surface area contributed by atoms with E-state index in [1.165, 1.54) is 18.5 Å². The van der Waals surface area contributed by atoms with Gasteiger partial charge in [0.1, 0.15) is 0 Å². The van der Waals surface area contributed by atoms with Crippen LogP contribution in [0.25, 0.3) is 0 Å². The van der Waals surface area contributed by atoms with Gasteiger partial charge in [0.05, 0.1) is 6.04 Å². The Hall–Kier alpha value is -0.830. The summed E-state index contributed by atoms with van der Waals surface area (Å²) in [6.07, 6.45) is 4.41. The monoisotopic (exact) mass is 195 g/mol. The first-order valence-electron chi connectivity index (χ1n) is 5.59. The summed E-state index contributed by atoms with van der Waals surface area (Å²) in [5.74, 6) is 0. The first-order chi connectivity index (χ1) is 6.88. The van der Waals surface area contributed by atoms with Gasteiger partial charge in [-0.05, 0) is 32.4 Å². The van der Waals surface area contributed by atoms with Gasteiger partial charge in [0.2, 0.25) is 0 Å². The molecule has 14 heavy (non-hydrogen) atoms. The van der Waals surface area contributed by atoms with Gasteiger partial charge < -0.3 is 5.32 Å². The van der Waals surface area contributed by atoms with Crippen LogP contribution in [-0.2, 0) is 0 Å². The second-order valence-corrected chi connectivity index (χ2v) is 3.42. The van der Waals surface area contributed by atoms with E-state index in [9.17, 15) is 0 Å². The number of piperidine rings is 1. The molecule has 0 amide bonds. The average molecular weight is 195 g/mol. The molecule has 0 spiro atoms. The predicted molar refractivity (Wildman–Crippen MR) is 59.5 cm³/mol. The third-order valence-corrected chi connectivity index (χ3v) is 2.48. The lowest BCUT2D eigenvalue weighted by molar-refractivity contribution is 0.342. The lowest BCUT2D eigenvalue weighted by Crippen LogP contribution is -2.32. The van der Waals surface area contributed by atoms with E-state index in [-0.39, 0.29) is 0 Å². The van der Waals surface area contributed by atoms with Gasteiger partial charge in [0.25, 0.3) is 0 Å². The standard InChI is InChI=1S/C9H15N3.C2H6/c1-8-4-6-11-12(8)9-3-2-5-10-7-9;1-2/h4,6,9-10H,2-3,5,7H2,1H3;1-2H3. The Labute approximate surface area is 86.5 Å². The van der Waals surface area contributed by atoms with Crippen molar-refractivity contribution in [1.82, 2.24) is 15.1 Å². The predicted octanol–water partition coefficient (Wildman–Crippen LogP) is 2.14. The van der Waals surface area contributed by atoms with Crippen molar-refractivity contribution in [2.24, 2.45) is 0 Å². The van der Waals surface area contributed by atoms with Crippen molar-refractivity contribution in [2.45, 2.75) is 39.7 Å². The van der Waals surface area contributed by atoms with Crippen molar-refractivity contribution < 1.29 is 0 Å². The van der Waals surface area contributed by atoms with Crippen molar-refractivity contribution in [3.8, 4) is 0 Å². The third kappa shape index (κ3) is 2.58. The van der Waals surface area contributed by atoms with Crippen LogP contribution < -0.4 is 5.32 Å². The molecular weight excluding hydrogens is 174 g/mol. The molecule has 80 valence electrons. The van der Waals surface area contributed by atoms with E-state index in [2.05, 4.69) is 28.1 Å². The van der Waals surface area contributed by atoms with Crippen LogP contribution in [-0.4, -0.2) is 22.9 Å². The van der Waals surface area contributed by atoms with E-state index >= 15 is 0 Å². The number of hydrogen-bond donors (Lipinski definition) is 1. The van der Waals surface area contributed by atoms with Gasteiger partial charge in [-0.2, -0.15) is 5.10 Å². The fourth-order valence-corrected chi connectivity index (χ4v) is 1.80. The molecule has 1 N–H and O–H groups in total. The molecule has 0 aliphatic carbocycles. The van der Waals surface area contributed by atoms with E-state index in [0.29, 0.717) is 6.04 Å². The zero-order valence-electron chi connectivity index (χ0n) is 9.45. The second kappa shape index (κ2) is 5.81. The highest BCUT2D eigenvalue weighted by molar-refractivity contribution is 4.99. The number of aryl methyl sites for hydroxylation is 1. The van der Waals surface area contributed by atoms with Crippen LogP contribution in [0.15, 0.2) is 12.3 Å². The molecule has 0 aromatic carbocycles. The minimum atomic E-state index is 0.578. The summed E-state index contributed by atoms with van der Waals surface area (Å²) < 4.78 is 2.13. The summed E-state index contributed by atoms with van der Waals surface area (Å²) in [6, 6.07) is 2.64. The van der Waals surface area contributed by atoms with E-state index < -0.39 is 0 Å². The van der Waals surface area contributed by atoms with E-state index in [1.807, 2.05) is 20.0 Å². The van der Waals surface area contributed by atoms with Crippen LogP contribution >= 0.6 is 0 Å². The molecule has 1 aliphatic rings. The molecular formula is C11H21N3. The third-order valence-electron chi connectivity index (χ3n) is 2.48. The second-order valence-electron chi connectivity index (χ2n) is 3.42. The SMILES string of the molecule is CC.Cc1ccnn1C1CCCNC1. The molecule has 1 aromatic heterocycles. The summed E-state index contributed by atoms with van der Waals surface area (Å²) in [4.78, 5) is 0. The molecule has 1 saturated heterocycles. The Morgan fingerprint density at radius 1 is 1.50 bits per heavy atom. The first kappa shape index (κ1) is 11.2. The Morgan fingerprint density at radius 3 is 2.79 bits per heavy atom. The minimum absolute atomic E-state index is 0.578. The molecule has 1 aliphatic heterocycles. The summed E-state index contributed by atoms with van der Waals surface area (Å²) in [6.45, 7) is 8.35. The maximum absolute atomic E-state index is 4.32. The zero-order chi connectivity index (χ0) is 10.4. The fraction of sp³-hybridized carbons (Fsp3) is 0.727. The average Bonchev–Trinajstić information content (AvgIpc) is 2.69. The Balaban J connectivity index is 0.000000461. The number of nitrogens with zero attached hydrogens (tertiary/aromatic N) is 2. The smallest absolute Gasteiger partial charge is 0.0647 e. The van der Waals surface area contributed by atoms with Crippen LogP contribution in [0.5, 0.6) is 0 Å². The van der Waals surface area contributed by atoms with Crippen molar-refractivity contribution in [3.63, 3.8) is 0 Å². The van der Waals surface area contributed by atoms with Crippen LogP contribution in [0.4, 0.5) is 0 Å². The van der Waals surface area contributed by atoms with Crippen LogP contribution in [0, 0.1) is 6.92 Å². The first-order valence-corrected chi connectivity index (χ1v) is 5.59. The highest BCUT2D eigenvalue weighted by atomic mass is 15.3. The maximum Gasteiger partial charge on any atom is 0.0647 e. The van der Waals surface area contributed by atoms with Crippen molar-refractivity contribution >= 4 is 0 Å². The molecule has 1 fully saturated rings. The number of rotatable bonds is 1. The van der Waals surface area contributed by atoms with E-state index in [4.69, 9.17) is 0 Å². The van der Waals surface area contributed by atoms with Gasteiger partial charge in [0, 0.05) is 18.4 Å². The van der Waals surface area contributed by atoms with Crippen molar-refractivity contribution in [3.05, 3.63) is 18.0 Å². The largest absolute Gasteiger partial charge is 0.315 e. The van der Waals surface area contributed by atoms with Gasteiger partial charge in [-0.15, -0.1) is 0 Å². The molecule has 1 atom stereocenters. The summed E-state index contributed by atoms with van der Waals surface area (Å²) in [5, 5.41) is 7.71. The zero-order valence-corrected chi connectivity index (χ0v) is 9.45. The molecule has 2 rings (SSSR count). The molecule has 0 radical (unpaired) electrons. The molecule has 1 unspecified atom stereocenters. The van der Waals surface area contributed by atoms with Gasteiger partial charge in [-0.3, -0.25) is 4.68 Å². The Bertz CT molecular complexity index is 249. The molecule has 3 nitrogen and oxygen atoms in total. The minimum Gasteiger partial charge on any atom is -0.315 e. The Kier molecular flexibility index (Phi) is 4.66. The molecule has 0 saturated carbocycles. The summed E-state index contributed by atoms with van der Waals surface area (Å²) in [7, 11) is 0. The van der Waals surface area contributed by atoms with Gasteiger partial charge in [-0.25, -0.2) is 0 Å². The lowest BCUT2D eigenvalue weighted by Gasteiger charge is -2.24. The van der Waals surface area contributed by atoms with Gasteiger partial charge in [0.15, 0.2) is 0 Å². The lowest BCUT2D eigenvalue weighted by atomic mass is 10.1.